The highest BCUT2D eigenvalue weighted by atomic mass is 16.2. The van der Waals surface area contributed by atoms with E-state index >= 15 is 0 Å². The van der Waals surface area contributed by atoms with Gasteiger partial charge in [0.15, 0.2) is 0 Å². The summed E-state index contributed by atoms with van der Waals surface area (Å²) in [5.41, 5.74) is 2.88. The summed E-state index contributed by atoms with van der Waals surface area (Å²) in [5.74, 6) is -0.918. The zero-order valence-corrected chi connectivity index (χ0v) is 15.1. The third kappa shape index (κ3) is 5.25. The molecule has 27 heavy (non-hydrogen) atoms. The maximum atomic E-state index is 12.8. The molecule has 3 rings (SSSR count). The van der Waals surface area contributed by atoms with E-state index in [-0.39, 0.29) is 0 Å². The van der Waals surface area contributed by atoms with Gasteiger partial charge in [0.1, 0.15) is 5.82 Å². The lowest BCUT2D eigenvalue weighted by molar-refractivity contribution is -0.144. The summed E-state index contributed by atoms with van der Waals surface area (Å²) in [4.78, 5) is 31.0. The predicted molar refractivity (Wildman–Crippen MR) is 105 cm³/mol. The van der Waals surface area contributed by atoms with E-state index in [0.29, 0.717) is 18.9 Å². The van der Waals surface area contributed by atoms with Gasteiger partial charge in [-0.3, -0.25) is 9.59 Å². The number of benzene rings is 2. The smallest absolute Gasteiger partial charge is 0.315 e. The summed E-state index contributed by atoms with van der Waals surface area (Å²) in [6, 6.07) is 22.8. The zero-order valence-electron chi connectivity index (χ0n) is 15.1. The molecule has 1 N–H and O–H groups in total. The number of aryl methyl sites for hydroxylation is 1. The van der Waals surface area contributed by atoms with E-state index in [4.69, 9.17) is 0 Å². The fourth-order valence-electron chi connectivity index (χ4n) is 2.73. The van der Waals surface area contributed by atoms with Gasteiger partial charge >= 0.3 is 11.8 Å². The molecule has 0 fully saturated rings. The van der Waals surface area contributed by atoms with Crippen LogP contribution in [0.2, 0.25) is 0 Å². The molecular weight excluding hydrogens is 338 g/mol. The normalized spacial score (nSPS) is 10.3. The summed E-state index contributed by atoms with van der Waals surface area (Å²) in [5, 5.41) is 2.59. The second kappa shape index (κ2) is 8.76. The van der Waals surface area contributed by atoms with Crippen molar-refractivity contribution in [3.63, 3.8) is 0 Å². The maximum absolute atomic E-state index is 12.8. The predicted octanol–water partition coefficient (Wildman–Crippen LogP) is 3.56. The summed E-state index contributed by atoms with van der Waals surface area (Å²) in [6.45, 7) is 2.60. The van der Waals surface area contributed by atoms with Gasteiger partial charge in [0.2, 0.25) is 0 Å². The van der Waals surface area contributed by atoms with Gasteiger partial charge in [0.05, 0.1) is 0 Å². The standard InChI is InChI=1S/C22H21N3O2/c1-17-12-13-23-20(14-17)24-21(26)22(27)25(15-18-8-4-2-5-9-18)16-19-10-6-3-7-11-19/h2-14H,15-16H2,1H3,(H,23,24,26). The topological polar surface area (TPSA) is 62.3 Å². The van der Waals surface area contributed by atoms with Crippen molar-refractivity contribution in [1.82, 2.24) is 9.88 Å². The van der Waals surface area contributed by atoms with Crippen LogP contribution in [0.3, 0.4) is 0 Å². The molecule has 3 aromatic rings. The third-order valence-electron chi connectivity index (χ3n) is 4.07. The molecule has 0 unspecified atom stereocenters. The van der Waals surface area contributed by atoms with E-state index in [1.54, 1.807) is 12.3 Å². The first-order valence-corrected chi connectivity index (χ1v) is 8.72. The van der Waals surface area contributed by atoms with Crippen molar-refractivity contribution in [2.24, 2.45) is 0 Å². The summed E-state index contributed by atoms with van der Waals surface area (Å²) < 4.78 is 0. The van der Waals surface area contributed by atoms with Gasteiger partial charge < -0.3 is 10.2 Å². The Balaban J connectivity index is 1.77. The molecule has 5 heteroatoms. The van der Waals surface area contributed by atoms with Crippen LogP contribution in [0.25, 0.3) is 0 Å². The lowest BCUT2D eigenvalue weighted by Gasteiger charge is -2.22. The number of hydrogen-bond donors (Lipinski definition) is 1. The number of aromatic nitrogens is 1. The second-order valence-electron chi connectivity index (χ2n) is 6.30. The van der Waals surface area contributed by atoms with Crippen LogP contribution in [0, 0.1) is 6.92 Å². The molecule has 2 aromatic carbocycles. The zero-order chi connectivity index (χ0) is 19.1. The Labute approximate surface area is 158 Å². The molecule has 136 valence electrons. The van der Waals surface area contributed by atoms with Crippen molar-refractivity contribution in [2.75, 3.05) is 5.32 Å². The highest BCUT2D eigenvalue weighted by Crippen LogP contribution is 2.12. The van der Waals surface area contributed by atoms with Gasteiger partial charge in [0.25, 0.3) is 0 Å². The Morgan fingerprint density at radius 2 is 1.44 bits per heavy atom. The van der Waals surface area contributed by atoms with Crippen LogP contribution in [0.15, 0.2) is 79.0 Å². The second-order valence-corrected chi connectivity index (χ2v) is 6.30. The van der Waals surface area contributed by atoms with Gasteiger partial charge in [0, 0.05) is 19.3 Å². The lowest BCUT2D eigenvalue weighted by atomic mass is 10.1. The molecule has 0 radical (unpaired) electrons. The van der Waals surface area contributed by atoms with Crippen LogP contribution in [0.1, 0.15) is 16.7 Å². The molecular formula is C22H21N3O2. The van der Waals surface area contributed by atoms with E-state index in [1.807, 2.05) is 73.7 Å². The number of rotatable bonds is 5. The molecule has 0 aliphatic carbocycles. The molecule has 0 saturated heterocycles. The molecule has 0 aliphatic heterocycles. The number of nitrogens with one attached hydrogen (secondary N) is 1. The van der Waals surface area contributed by atoms with Crippen molar-refractivity contribution >= 4 is 17.6 Å². The van der Waals surface area contributed by atoms with Gasteiger partial charge in [-0.1, -0.05) is 60.7 Å². The van der Waals surface area contributed by atoms with E-state index < -0.39 is 11.8 Å². The van der Waals surface area contributed by atoms with Crippen molar-refractivity contribution in [1.29, 1.82) is 0 Å². The van der Waals surface area contributed by atoms with Crippen LogP contribution in [-0.2, 0) is 22.7 Å². The van der Waals surface area contributed by atoms with E-state index in [1.165, 1.54) is 4.90 Å². The number of carbonyl (C=O) groups excluding carboxylic acids is 2. The number of amides is 2. The van der Waals surface area contributed by atoms with Crippen LogP contribution in [0.5, 0.6) is 0 Å². The summed E-state index contributed by atoms with van der Waals surface area (Å²) in [7, 11) is 0. The van der Waals surface area contributed by atoms with Gasteiger partial charge in [-0.05, 0) is 35.7 Å². The Bertz CT molecular complexity index is 870. The first-order chi connectivity index (χ1) is 13.1. The molecule has 0 atom stereocenters. The van der Waals surface area contributed by atoms with Crippen molar-refractivity contribution in [2.45, 2.75) is 20.0 Å². The number of nitrogens with zero attached hydrogens (tertiary/aromatic N) is 2. The number of anilines is 1. The third-order valence-corrected chi connectivity index (χ3v) is 4.07. The lowest BCUT2D eigenvalue weighted by Crippen LogP contribution is -2.39. The minimum absolute atomic E-state index is 0.350. The largest absolute Gasteiger partial charge is 0.326 e. The van der Waals surface area contributed by atoms with E-state index in [0.717, 1.165) is 16.7 Å². The Morgan fingerprint density at radius 3 is 1.96 bits per heavy atom. The molecule has 0 bridgehead atoms. The number of hydrogen-bond acceptors (Lipinski definition) is 3. The van der Waals surface area contributed by atoms with Crippen LogP contribution < -0.4 is 5.32 Å². The molecule has 5 nitrogen and oxygen atoms in total. The summed E-state index contributed by atoms with van der Waals surface area (Å²) >= 11 is 0. The molecule has 0 spiro atoms. The first-order valence-electron chi connectivity index (χ1n) is 8.72. The van der Waals surface area contributed by atoms with Crippen molar-refractivity contribution in [3.8, 4) is 0 Å². The number of carbonyl (C=O) groups is 2. The van der Waals surface area contributed by atoms with Crippen LogP contribution >= 0.6 is 0 Å². The SMILES string of the molecule is Cc1ccnc(NC(=O)C(=O)N(Cc2ccccc2)Cc2ccccc2)c1. The Morgan fingerprint density at radius 1 is 0.889 bits per heavy atom. The minimum atomic E-state index is -0.694. The van der Waals surface area contributed by atoms with Gasteiger partial charge in [-0.2, -0.15) is 0 Å². The quantitative estimate of drug-likeness (QED) is 0.709. The summed E-state index contributed by atoms with van der Waals surface area (Å²) in [6.07, 6.45) is 1.60. The molecule has 0 aliphatic rings. The average Bonchev–Trinajstić information content (AvgIpc) is 2.68. The van der Waals surface area contributed by atoms with Crippen LogP contribution in [0.4, 0.5) is 5.82 Å². The molecule has 1 aromatic heterocycles. The number of pyridine rings is 1. The molecule has 0 saturated carbocycles. The first kappa shape index (κ1) is 18.3. The highest BCUT2D eigenvalue weighted by molar-refractivity contribution is 6.39. The highest BCUT2D eigenvalue weighted by Gasteiger charge is 2.23. The average molecular weight is 359 g/mol. The fraction of sp³-hybridized carbons (Fsp3) is 0.136. The fourth-order valence-corrected chi connectivity index (χ4v) is 2.73. The maximum Gasteiger partial charge on any atom is 0.315 e. The van der Waals surface area contributed by atoms with Crippen LogP contribution in [-0.4, -0.2) is 21.7 Å². The van der Waals surface area contributed by atoms with Crippen molar-refractivity contribution < 1.29 is 9.59 Å². The molecule has 1 heterocycles. The van der Waals surface area contributed by atoms with Crippen molar-refractivity contribution in [3.05, 3.63) is 95.7 Å². The van der Waals surface area contributed by atoms with E-state index in [9.17, 15) is 9.59 Å². The van der Waals surface area contributed by atoms with Gasteiger partial charge in [-0.15, -0.1) is 0 Å². The molecule has 2 amide bonds. The minimum Gasteiger partial charge on any atom is -0.326 e. The monoisotopic (exact) mass is 359 g/mol. The Hall–Kier alpha value is -3.47. The Kier molecular flexibility index (Phi) is 5.94. The van der Waals surface area contributed by atoms with Gasteiger partial charge in [-0.25, -0.2) is 4.98 Å². The van der Waals surface area contributed by atoms with E-state index in [2.05, 4.69) is 10.3 Å².